The summed E-state index contributed by atoms with van der Waals surface area (Å²) < 4.78 is 4.40. The van der Waals surface area contributed by atoms with Gasteiger partial charge in [-0.3, -0.25) is 0 Å². The molecular formula is C45H25N5. The van der Waals surface area contributed by atoms with Crippen LogP contribution >= 0.6 is 0 Å². The Bertz CT molecular complexity index is 2960. The maximum Gasteiger partial charge on any atom is 0.0998 e. The summed E-state index contributed by atoms with van der Waals surface area (Å²) in [7, 11) is 0. The Balaban J connectivity index is 1.14. The van der Waals surface area contributed by atoms with E-state index in [2.05, 4.69) is 94.1 Å². The molecule has 0 aliphatic carbocycles. The Morgan fingerprint density at radius 1 is 0.380 bits per heavy atom. The SMILES string of the molecule is N#Cc1ccc2c(c1)c1ccccc1n2-c1ccc(-c2ccc(-c3ccccc3-n3c4ccccc4c4ccc(C#N)cc43)cc2)c(C#N)c1. The summed E-state index contributed by atoms with van der Waals surface area (Å²) in [6.07, 6.45) is 0. The molecule has 0 N–H and O–H groups in total. The maximum atomic E-state index is 10.4. The van der Waals surface area contributed by atoms with Crippen LogP contribution in [0, 0.1) is 34.0 Å². The van der Waals surface area contributed by atoms with Crippen molar-refractivity contribution < 1.29 is 0 Å². The molecule has 9 aromatic rings. The predicted octanol–water partition coefficient (Wildman–Crippen LogP) is 10.8. The van der Waals surface area contributed by atoms with Crippen LogP contribution in [0.5, 0.6) is 0 Å². The molecule has 0 aliphatic heterocycles. The molecule has 0 bridgehead atoms. The molecular weight excluding hydrogens is 611 g/mol. The summed E-state index contributed by atoms with van der Waals surface area (Å²) >= 11 is 0. The van der Waals surface area contributed by atoms with E-state index < -0.39 is 0 Å². The zero-order chi connectivity index (χ0) is 33.8. The van der Waals surface area contributed by atoms with Crippen LogP contribution in [0.15, 0.2) is 152 Å². The Kier molecular flexibility index (Phi) is 6.56. The highest BCUT2D eigenvalue weighted by Crippen LogP contribution is 2.38. The van der Waals surface area contributed by atoms with Crippen molar-refractivity contribution in [1.82, 2.24) is 9.13 Å². The van der Waals surface area contributed by atoms with E-state index in [1.165, 1.54) is 0 Å². The highest BCUT2D eigenvalue weighted by atomic mass is 15.0. The number of aromatic nitrogens is 2. The number of fused-ring (bicyclic) bond motifs is 6. The predicted molar refractivity (Wildman–Crippen MR) is 200 cm³/mol. The van der Waals surface area contributed by atoms with Crippen LogP contribution in [0.3, 0.4) is 0 Å². The Labute approximate surface area is 287 Å². The van der Waals surface area contributed by atoms with Gasteiger partial charge >= 0.3 is 0 Å². The average Bonchev–Trinajstić information content (AvgIpc) is 3.69. The van der Waals surface area contributed by atoms with Crippen LogP contribution in [0.4, 0.5) is 0 Å². The number of nitrogens with zero attached hydrogens (tertiary/aromatic N) is 5. The van der Waals surface area contributed by atoms with Gasteiger partial charge in [-0.05, 0) is 77.4 Å². The van der Waals surface area contributed by atoms with Gasteiger partial charge in [-0.2, -0.15) is 15.8 Å². The fourth-order valence-electron chi connectivity index (χ4n) is 7.38. The lowest BCUT2D eigenvalue weighted by Crippen LogP contribution is -1.97. The standard InChI is InChI=1S/C45H25N5/c46-26-29-14-22-44-40(23-29)38-9-3-5-11-42(38)49(44)34-19-21-35(33(25-34)28-48)31-15-17-32(18-16-31)36-7-1-4-10-41(36)50-43-12-6-2-8-37(43)39-20-13-30(27-47)24-45(39)50/h1-25H. The zero-order valence-electron chi connectivity index (χ0n) is 26.7. The molecule has 0 saturated heterocycles. The fourth-order valence-corrected chi connectivity index (χ4v) is 7.38. The quantitative estimate of drug-likeness (QED) is 0.193. The van der Waals surface area contributed by atoms with Crippen molar-refractivity contribution in [3.8, 4) is 51.8 Å². The lowest BCUT2D eigenvalue weighted by molar-refractivity contribution is 1.18. The monoisotopic (exact) mass is 635 g/mol. The highest BCUT2D eigenvalue weighted by Gasteiger charge is 2.17. The molecule has 7 aromatic carbocycles. The second kappa shape index (κ2) is 11.4. The van der Waals surface area contributed by atoms with Crippen molar-refractivity contribution >= 4 is 43.6 Å². The Morgan fingerprint density at radius 2 is 0.960 bits per heavy atom. The van der Waals surface area contributed by atoms with Gasteiger partial charge in [0.25, 0.3) is 0 Å². The van der Waals surface area contributed by atoms with E-state index in [0.717, 1.165) is 77.2 Å². The van der Waals surface area contributed by atoms with E-state index in [9.17, 15) is 15.8 Å². The van der Waals surface area contributed by atoms with Gasteiger partial charge in [0.2, 0.25) is 0 Å². The molecule has 5 heteroatoms. The Hall–Kier alpha value is -7.39. The Morgan fingerprint density at radius 3 is 1.70 bits per heavy atom. The number of para-hydroxylation sites is 3. The summed E-state index contributed by atoms with van der Waals surface area (Å²) in [4.78, 5) is 0. The molecule has 0 spiro atoms. The number of hydrogen-bond acceptors (Lipinski definition) is 3. The number of nitriles is 3. The summed E-state index contributed by atoms with van der Waals surface area (Å²) in [5, 5.41) is 33.9. The first-order chi connectivity index (χ1) is 24.7. The van der Waals surface area contributed by atoms with E-state index in [4.69, 9.17) is 0 Å². The van der Waals surface area contributed by atoms with Gasteiger partial charge in [0.1, 0.15) is 0 Å². The second-order valence-electron chi connectivity index (χ2n) is 12.3. The van der Waals surface area contributed by atoms with Crippen molar-refractivity contribution in [3.63, 3.8) is 0 Å². The smallest absolute Gasteiger partial charge is 0.0998 e. The third kappa shape index (κ3) is 4.38. The number of benzene rings is 7. The molecule has 2 aromatic heterocycles. The lowest BCUT2D eigenvalue weighted by Gasteiger charge is -2.15. The van der Waals surface area contributed by atoms with Gasteiger partial charge in [-0.1, -0.05) is 91.0 Å². The van der Waals surface area contributed by atoms with Gasteiger partial charge in [-0.25, -0.2) is 0 Å². The number of rotatable bonds is 4. The van der Waals surface area contributed by atoms with Crippen LogP contribution in [-0.4, -0.2) is 9.13 Å². The summed E-state index contributed by atoms with van der Waals surface area (Å²) in [5.41, 5.74) is 11.7. The van der Waals surface area contributed by atoms with Gasteiger partial charge < -0.3 is 9.13 Å². The molecule has 2 heterocycles. The second-order valence-corrected chi connectivity index (χ2v) is 12.3. The maximum absolute atomic E-state index is 10.4. The van der Waals surface area contributed by atoms with E-state index >= 15 is 0 Å². The fraction of sp³-hybridized carbons (Fsp3) is 0. The lowest BCUT2D eigenvalue weighted by atomic mass is 9.96. The van der Waals surface area contributed by atoms with Crippen LogP contribution in [-0.2, 0) is 0 Å². The van der Waals surface area contributed by atoms with Gasteiger partial charge in [0.05, 0.1) is 62.7 Å². The van der Waals surface area contributed by atoms with E-state index in [1.807, 2.05) is 84.9 Å². The van der Waals surface area contributed by atoms with E-state index in [0.29, 0.717) is 16.7 Å². The third-order valence-corrected chi connectivity index (χ3v) is 9.64. The van der Waals surface area contributed by atoms with Crippen LogP contribution in [0.1, 0.15) is 16.7 Å². The van der Waals surface area contributed by atoms with Crippen molar-refractivity contribution in [2.24, 2.45) is 0 Å². The van der Waals surface area contributed by atoms with Gasteiger partial charge in [0.15, 0.2) is 0 Å². The molecule has 5 nitrogen and oxygen atoms in total. The minimum absolute atomic E-state index is 0.578. The average molecular weight is 636 g/mol. The summed E-state index contributed by atoms with van der Waals surface area (Å²) in [6, 6.07) is 57.8. The highest BCUT2D eigenvalue weighted by molar-refractivity contribution is 6.11. The van der Waals surface area contributed by atoms with Crippen LogP contribution in [0.25, 0.3) is 77.2 Å². The van der Waals surface area contributed by atoms with Crippen molar-refractivity contribution in [1.29, 1.82) is 15.8 Å². The summed E-state index contributed by atoms with van der Waals surface area (Å²) in [6.45, 7) is 0. The van der Waals surface area contributed by atoms with Crippen LogP contribution < -0.4 is 0 Å². The van der Waals surface area contributed by atoms with E-state index in [-0.39, 0.29) is 0 Å². The first-order valence-corrected chi connectivity index (χ1v) is 16.3. The van der Waals surface area contributed by atoms with E-state index in [1.54, 1.807) is 0 Å². The topological polar surface area (TPSA) is 81.2 Å². The molecule has 0 unspecified atom stereocenters. The summed E-state index contributed by atoms with van der Waals surface area (Å²) in [5.74, 6) is 0. The molecule has 50 heavy (non-hydrogen) atoms. The van der Waals surface area contributed by atoms with Gasteiger partial charge in [-0.15, -0.1) is 0 Å². The first-order valence-electron chi connectivity index (χ1n) is 16.3. The third-order valence-electron chi connectivity index (χ3n) is 9.64. The van der Waals surface area contributed by atoms with Crippen LogP contribution in [0.2, 0.25) is 0 Å². The molecule has 0 radical (unpaired) electrons. The van der Waals surface area contributed by atoms with Crippen molar-refractivity contribution in [2.75, 3.05) is 0 Å². The molecule has 0 atom stereocenters. The largest absolute Gasteiger partial charge is 0.309 e. The minimum Gasteiger partial charge on any atom is -0.309 e. The normalized spacial score (nSPS) is 11.1. The van der Waals surface area contributed by atoms with Crippen molar-refractivity contribution in [3.05, 3.63) is 168 Å². The van der Waals surface area contributed by atoms with Crippen molar-refractivity contribution in [2.45, 2.75) is 0 Å². The molecule has 0 saturated carbocycles. The minimum atomic E-state index is 0.578. The molecule has 230 valence electrons. The molecule has 0 aliphatic rings. The number of hydrogen-bond donors (Lipinski definition) is 0. The molecule has 0 fully saturated rings. The van der Waals surface area contributed by atoms with Gasteiger partial charge in [0, 0.05) is 32.8 Å². The molecule has 9 rings (SSSR count). The molecule has 0 amide bonds. The first kappa shape index (κ1) is 28.8. The zero-order valence-corrected chi connectivity index (χ0v) is 26.7.